The van der Waals surface area contributed by atoms with Crippen LogP contribution < -0.4 is 0 Å². The van der Waals surface area contributed by atoms with Crippen molar-refractivity contribution in [3.8, 4) is 0 Å². The van der Waals surface area contributed by atoms with Gasteiger partial charge in [-0.05, 0) is 75.5 Å². The molecule has 0 unspecified atom stereocenters. The Morgan fingerprint density at radius 1 is 0.917 bits per heavy atom. The van der Waals surface area contributed by atoms with Crippen LogP contribution in [0.1, 0.15) is 90.4 Å². The summed E-state index contributed by atoms with van der Waals surface area (Å²) in [6.07, 6.45) is 24.7. The fraction of sp³-hybridized carbons (Fsp3) is 0.826. The Morgan fingerprint density at radius 3 is 2.21 bits per heavy atom. The molecule has 0 radical (unpaired) electrons. The first kappa shape index (κ1) is 19.8. The van der Waals surface area contributed by atoms with E-state index >= 15 is 0 Å². The lowest BCUT2D eigenvalue weighted by Gasteiger charge is -2.37. The molecule has 0 heterocycles. The molecule has 0 bridgehead atoms. The molecular weight excluding hydrogens is 292 g/mol. The van der Waals surface area contributed by atoms with Crippen LogP contribution in [0, 0.1) is 17.8 Å². The summed E-state index contributed by atoms with van der Waals surface area (Å²) in [7, 11) is 0. The molecule has 2 aliphatic rings. The Hall–Kier alpha value is -0.560. The SMILES string of the molecule is C=C/C=C/CCC1CCC(C2CCC(OCCCCC)CC2)CC1. The van der Waals surface area contributed by atoms with Gasteiger partial charge < -0.3 is 4.74 Å². The second kappa shape index (κ2) is 11.9. The third kappa shape index (κ3) is 7.13. The lowest BCUT2D eigenvalue weighted by molar-refractivity contribution is 0.00543. The maximum Gasteiger partial charge on any atom is 0.0575 e. The molecular formula is C23H40O. The fourth-order valence-corrected chi connectivity index (χ4v) is 4.80. The second-order valence-corrected chi connectivity index (χ2v) is 8.14. The van der Waals surface area contributed by atoms with Crippen LogP contribution >= 0.6 is 0 Å². The van der Waals surface area contributed by atoms with Gasteiger partial charge in [-0.25, -0.2) is 0 Å². The van der Waals surface area contributed by atoms with Gasteiger partial charge in [0.15, 0.2) is 0 Å². The van der Waals surface area contributed by atoms with Gasteiger partial charge in [0.25, 0.3) is 0 Å². The summed E-state index contributed by atoms with van der Waals surface area (Å²) < 4.78 is 6.09. The highest BCUT2D eigenvalue weighted by Gasteiger charge is 2.30. The molecule has 1 heteroatoms. The van der Waals surface area contributed by atoms with Crippen molar-refractivity contribution in [3.05, 3.63) is 24.8 Å². The van der Waals surface area contributed by atoms with Crippen molar-refractivity contribution in [1.29, 1.82) is 0 Å². The van der Waals surface area contributed by atoms with Crippen molar-refractivity contribution >= 4 is 0 Å². The molecule has 2 rings (SSSR count). The Labute approximate surface area is 150 Å². The zero-order chi connectivity index (χ0) is 17.0. The Morgan fingerprint density at radius 2 is 1.58 bits per heavy atom. The van der Waals surface area contributed by atoms with E-state index in [0.717, 1.165) is 24.4 Å². The molecule has 2 saturated carbocycles. The van der Waals surface area contributed by atoms with Gasteiger partial charge in [0.2, 0.25) is 0 Å². The molecule has 138 valence electrons. The average molecular weight is 333 g/mol. The number of rotatable bonds is 10. The van der Waals surface area contributed by atoms with Crippen molar-refractivity contribution < 1.29 is 4.74 Å². The first-order valence-corrected chi connectivity index (χ1v) is 10.7. The number of hydrogen-bond acceptors (Lipinski definition) is 1. The van der Waals surface area contributed by atoms with Crippen LogP contribution in [0.2, 0.25) is 0 Å². The van der Waals surface area contributed by atoms with E-state index in [4.69, 9.17) is 4.74 Å². The molecule has 0 aromatic heterocycles. The van der Waals surface area contributed by atoms with Crippen LogP contribution in [-0.2, 0) is 4.74 Å². The van der Waals surface area contributed by atoms with Gasteiger partial charge in [0, 0.05) is 6.61 Å². The molecule has 1 nitrogen and oxygen atoms in total. The quantitative estimate of drug-likeness (QED) is 0.307. The van der Waals surface area contributed by atoms with Gasteiger partial charge in [-0.3, -0.25) is 0 Å². The summed E-state index contributed by atoms with van der Waals surface area (Å²) in [5.41, 5.74) is 0. The van der Waals surface area contributed by atoms with Gasteiger partial charge >= 0.3 is 0 Å². The summed E-state index contributed by atoms with van der Waals surface area (Å²) in [4.78, 5) is 0. The van der Waals surface area contributed by atoms with Crippen LogP contribution in [-0.4, -0.2) is 12.7 Å². The van der Waals surface area contributed by atoms with Crippen molar-refractivity contribution in [2.45, 2.75) is 96.5 Å². The fourth-order valence-electron chi connectivity index (χ4n) is 4.80. The number of ether oxygens (including phenoxy) is 1. The summed E-state index contributed by atoms with van der Waals surface area (Å²) >= 11 is 0. The normalized spacial score (nSPS) is 31.4. The Balaban J connectivity index is 1.57. The van der Waals surface area contributed by atoms with E-state index < -0.39 is 0 Å². The maximum absolute atomic E-state index is 6.09. The van der Waals surface area contributed by atoms with Crippen molar-refractivity contribution in [2.75, 3.05) is 6.61 Å². The van der Waals surface area contributed by atoms with E-state index in [1.807, 2.05) is 6.08 Å². The Kier molecular flexibility index (Phi) is 9.80. The van der Waals surface area contributed by atoms with Gasteiger partial charge in [0.1, 0.15) is 0 Å². The number of unbranched alkanes of at least 4 members (excludes halogenated alkanes) is 2. The summed E-state index contributed by atoms with van der Waals surface area (Å²) in [5.74, 6) is 3.00. The molecule has 0 amide bonds. The molecule has 0 aromatic carbocycles. The summed E-state index contributed by atoms with van der Waals surface area (Å²) in [5, 5.41) is 0. The smallest absolute Gasteiger partial charge is 0.0575 e. The van der Waals surface area contributed by atoms with E-state index in [0.29, 0.717) is 6.10 Å². The van der Waals surface area contributed by atoms with Crippen LogP contribution in [0.25, 0.3) is 0 Å². The molecule has 2 fully saturated rings. The molecule has 0 atom stereocenters. The zero-order valence-corrected chi connectivity index (χ0v) is 16.1. The average Bonchev–Trinajstić information content (AvgIpc) is 2.64. The van der Waals surface area contributed by atoms with Crippen molar-refractivity contribution in [2.24, 2.45) is 17.8 Å². The minimum Gasteiger partial charge on any atom is -0.378 e. The third-order valence-corrected chi connectivity index (χ3v) is 6.39. The molecule has 0 spiro atoms. The minimum absolute atomic E-state index is 0.575. The predicted octanol–water partition coefficient (Wildman–Crippen LogP) is 7.08. The third-order valence-electron chi connectivity index (χ3n) is 6.39. The molecule has 0 aromatic rings. The Bertz CT molecular complexity index is 343. The molecule has 0 saturated heterocycles. The van der Waals surface area contributed by atoms with Gasteiger partial charge in [-0.15, -0.1) is 0 Å². The van der Waals surface area contributed by atoms with Crippen LogP contribution in [0.3, 0.4) is 0 Å². The standard InChI is InChI=1S/C23H40O/c1-3-5-7-8-10-20-11-13-21(14-12-20)22-15-17-23(18-16-22)24-19-9-6-4-2/h3,5,7,20-23H,1,4,6,8-19H2,2H3/b7-5+. The topological polar surface area (TPSA) is 9.23 Å². The molecule has 0 aliphatic heterocycles. The van der Waals surface area contributed by atoms with E-state index in [2.05, 4.69) is 25.7 Å². The van der Waals surface area contributed by atoms with Gasteiger partial charge in [0.05, 0.1) is 6.10 Å². The monoisotopic (exact) mass is 332 g/mol. The van der Waals surface area contributed by atoms with E-state index in [1.54, 1.807) is 0 Å². The highest BCUT2D eigenvalue weighted by atomic mass is 16.5. The zero-order valence-electron chi connectivity index (χ0n) is 16.1. The lowest BCUT2D eigenvalue weighted by Crippen LogP contribution is -2.28. The molecule has 2 aliphatic carbocycles. The lowest BCUT2D eigenvalue weighted by atomic mass is 9.70. The summed E-state index contributed by atoms with van der Waals surface area (Å²) in [6, 6.07) is 0. The second-order valence-electron chi connectivity index (χ2n) is 8.14. The summed E-state index contributed by atoms with van der Waals surface area (Å²) in [6.45, 7) is 7.00. The van der Waals surface area contributed by atoms with Crippen molar-refractivity contribution in [1.82, 2.24) is 0 Å². The minimum atomic E-state index is 0.575. The van der Waals surface area contributed by atoms with E-state index in [-0.39, 0.29) is 0 Å². The van der Waals surface area contributed by atoms with Gasteiger partial charge in [-0.1, -0.05) is 57.4 Å². The number of hydrogen-bond donors (Lipinski definition) is 0. The van der Waals surface area contributed by atoms with Crippen LogP contribution in [0.15, 0.2) is 24.8 Å². The van der Waals surface area contributed by atoms with Crippen LogP contribution in [0.4, 0.5) is 0 Å². The highest BCUT2D eigenvalue weighted by molar-refractivity contribution is 4.97. The van der Waals surface area contributed by atoms with E-state index in [1.165, 1.54) is 83.5 Å². The van der Waals surface area contributed by atoms with E-state index in [9.17, 15) is 0 Å². The first-order chi connectivity index (χ1) is 11.8. The predicted molar refractivity (Wildman–Crippen MR) is 105 cm³/mol. The highest BCUT2D eigenvalue weighted by Crippen LogP contribution is 2.41. The van der Waals surface area contributed by atoms with Crippen LogP contribution in [0.5, 0.6) is 0 Å². The first-order valence-electron chi connectivity index (χ1n) is 10.7. The van der Waals surface area contributed by atoms with Crippen molar-refractivity contribution in [3.63, 3.8) is 0 Å². The molecule has 24 heavy (non-hydrogen) atoms. The molecule has 0 N–H and O–H groups in total. The number of allylic oxidation sites excluding steroid dienone is 3. The largest absolute Gasteiger partial charge is 0.378 e. The van der Waals surface area contributed by atoms with Gasteiger partial charge in [-0.2, -0.15) is 0 Å². The maximum atomic E-state index is 6.09.